The van der Waals surface area contributed by atoms with Gasteiger partial charge in [-0.15, -0.1) is 0 Å². The molecule has 1 fully saturated rings. The Bertz CT molecular complexity index is 1020. The first-order valence-electron chi connectivity index (χ1n) is 11.7. The van der Waals surface area contributed by atoms with Crippen LogP contribution in [0.1, 0.15) is 36.9 Å². The van der Waals surface area contributed by atoms with Gasteiger partial charge in [0.05, 0.1) is 23.3 Å². The lowest BCUT2D eigenvalue weighted by atomic mass is 9.73. The van der Waals surface area contributed by atoms with Crippen LogP contribution in [-0.4, -0.2) is 41.3 Å². The Balaban J connectivity index is 1.36. The van der Waals surface area contributed by atoms with Crippen molar-refractivity contribution in [2.75, 3.05) is 19.6 Å². The van der Waals surface area contributed by atoms with E-state index in [1.165, 1.54) is 0 Å². The van der Waals surface area contributed by atoms with Gasteiger partial charge in [-0.05, 0) is 43.4 Å². The zero-order chi connectivity index (χ0) is 23.1. The van der Waals surface area contributed by atoms with Crippen molar-refractivity contribution in [2.24, 2.45) is 11.8 Å². The van der Waals surface area contributed by atoms with Gasteiger partial charge < -0.3 is 10.2 Å². The van der Waals surface area contributed by atoms with Crippen LogP contribution < -0.4 is 5.32 Å². The van der Waals surface area contributed by atoms with Gasteiger partial charge in [0, 0.05) is 37.9 Å². The number of amides is 2. The number of nitrogens with zero attached hydrogens (tertiary/aromatic N) is 3. The van der Waals surface area contributed by atoms with Crippen molar-refractivity contribution in [1.82, 2.24) is 15.2 Å². The number of hydrogen-bond acceptors (Lipinski definition) is 4. The maximum absolute atomic E-state index is 13.4. The predicted octanol–water partition coefficient (Wildman–Crippen LogP) is 3.41. The molecule has 0 spiro atoms. The lowest BCUT2D eigenvalue weighted by molar-refractivity contribution is -0.143. The van der Waals surface area contributed by atoms with E-state index >= 15 is 0 Å². The van der Waals surface area contributed by atoms with Crippen molar-refractivity contribution in [2.45, 2.75) is 37.5 Å². The second-order valence-electron chi connectivity index (χ2n) is 8.90. The van der Waals surface area contributed by atoms with E-state index in [4.69, 9.17) is 0 Å². The van der Waals surface area contributed by atoms with Gasteiger partial charge in [-0.3, -0.25) is 14.6 Å². The molecule has 0 bridgehead atoms. The monoisotopic (exact) mass is 442 g/mol. The minimum Gasteiger partial charge on any atom is -0.355 e. The van der Waals surface area contributed by atoms with Crippen LogP contribution in [0, 0.1) is 23.2 Å². The Hall–Kier alpha value is -3.46. The van der Waals surface area contributed by atoms with Crippen molar-refractivity contribution < 1.29 is 9.59 Å². The molecule has 1 aliphatic heterocycles. The van der Waals surface area contributed by atoms with Crippen molar-refractivity contribution >= 4 is 11.8 Å². The van der Waals surface area contributed by atoms with Crippen LogP contribution in [0.15, 0.2) is 66.9 Å². The Labute approximate surface area is 195 Å². The topological polar surface area (TPSA) is 86.1 Å². The molecule has 1 aliphatic carbocycles. The number of carbonyl (C=O) groups is 2. The van der Waals surface area contributed by atoms with E-state index in [1.807, 2.05) is 65.6 Å². The molecule has 2 amide bonds. The summed E-state index contributed by atoms with van der Waals surface area (Å²) < 4.78 is 0. The summed E-state index contributed by atoms with van der Waals surface area (Å²) >= 11 is 0. The molecule has 1 aromatic carbocycles. The first kappa shape index (κ1) is 22.7. The number of benzene rings is 1. The van der Waals surface area contributed by atoms with Gasteiger partial charge >= 0.3 is 0 Å². The van der Waals surface area contributed by atoms with Gasteiger partial charge in [-0.1, -0.05) is 48.6 Å². The molecule has 6 heteroatoms. The molecule has 1 saturated heterocycles. The van der Waals surface area contributed by atoms with Crippen molar-refractivity contribution in [3.63, 3.8) is 0 Å². The van der Waals surface area contributed by atoms with Crippen LogP contribution in [0.5, 0.6) is 0 Å². The van der Waals surface area contributed by atoms with Crippen LogP contribution in [0.3, 0.4) is 0 Å². The summed E-state index contributed by atoms with van der Waals surface area (Å²) in [6.45, 7) is 1.58. The quantitative estimate of drug-likeness (QED) is 0.695. The van der Waals surface area contributed by atoms with Gasteiger partial charge in [-0.2, -0.15) is 5.26 Å². The van der Waals surface area contributed by atoms with Gasteiger partial charge in [-0.25, -0.2) is 0 Å². The average molecular weight is 443 g/mol. The van der Waals surface area contributed by atoms with E-state index in [2.05, 4.69) is 16.4 Å². The minimum absolute atomic E-state index is 0.0313. The number of pyridine rings is 1. The molecule has 2 atom stereocenters. The fourth-order valence-corrected chi connectivity index (χ4v) is 4.93. The highest BCUT2D eigenvalue weighted by Gasteiger charge is 2.41. The summed E-state index contributed by atoms with van der Waals surface area (Å²) in [6, 6.07) is 18.1. The van der Waals surface area contributed by atoms with Gasteiger partial charge in [0.15, 0.2) is 0 Å². The van der Waals surface area contributed by atoms with E-state index in [9.17, 15) is 14.9 Å². The van der Waals surface area contributed by atoms with E-state index in [-0.39, 0.29) is 23.7 Å². The molecule has 0 saturated carbocycles. The van der Waals surface area contributed by atoms with Gasteiger partial charge in [0.1, 0.15) is 0 Å². The second kappa shape index (κ2) is 10.4. The molecule has 1 aromatic heterocycles. The number of carbonyl (C=O) groups excluding carboxylic acids is 2. The molecule has 6 nitrogen and oxygen atoms in total. The van der Waals surface area contributed by atoms with Crippen LogP contribution in [0.2, 0.25) is 0 Å². The van der Waals surface area contributed by atoms with Crippen molar-refractivity contribution in [3.05, 3.63) is 78.1 Å². The average Bonchev–Trinajstić information content (AvgIpc) is 2.89. The lowest BCUT2D eigenvalue weighted by Gasteiger charge is -2.40. The number of hydrogen-bond donors (Lipinski definition) is 1. The molecule has 170 valence electrons. The van der Waals surface area contributed by atoms with Crippen LogP contribution in [0.4, 0.5) is 0 Å². The van der Waals surface area contributed by atoms with Crippen LogP contribution in [-0.2, 0) is 21.4 Å². The fourth-order valence-electron chi connectivity index (χ4n) is 4.93. The summed E-state index contributed by atoms with van der Waals surface area (Å²) in [5, 5.41) is 12.9. The smallest absolute Gasteiger partial charge is 0.226 e. The summed E-state index contributed by atoms with van der Waals surface area (Å²) in [5.41, 5.74) is 1.40. The van der Waals surface area contributed by atoms with Crippen LogP contribution >= 0.6 is 0 Å². The first-order chi connectivity index (χ1) is 16.1. The van der Waals surface area contributed by atoms with Crippen molar-refractivity contribution in [1.29, 1.82) is 5.26 Å². The highest BCUT2D eigenvalue weighted by Crippen LogP contribution is 2.36. The maximum atomic E-state index is 13.4. The Morgan fingerprint density at radius 1 is 1.03 bits per heavy atom. The normalized spacial score (nSPS) is 21.7. The fraction of sp³-hybridized carbons (Fsp3) is 0.407. The van der Waals surface area contributed by atoms with E-state index in [0.717, 1.165) is 11.3 Å². The summed E-state index contributed by atoms with van der Waals surface area (Å²) in [5.74, 6) is -0.746. The number of rotatable bonds is 6. The zero-order valence-electron chi connectivity index (χ0n) is 18.8. The standard InChI is InChI=1S/C27H30N4O2/c28-20-27(21-8-2-1-3-9-21)14-18-31(19-15-27)26(33)24-12-5-4-11-23(24)25(32)30-17-13-22-10-6-7-16-29-22/h1-10,16,23-24H,11-15,17-19H2,(H,30,32). The maximum Gasteiger partial charge on any atom is 0.226 e. The predicted molar refractivity (Wildman–Crippen MR) is 126 cm³/mol. The molecule has 1 N–H and O–H groups in total. The highest BCUT2D eigenvalue weighted by atomic mass is 16.2. The highest BCUT2D eigenvalue weighted by molar-refractivity contribution is 5.88. The number of piperidine rings is 1. The summed E-state index contributed by atoms with van der Waals surface area (Å²) in [7, 11) is 0. The van der Waals surface area contributed by atoms with E-state index in [1.54, 1.807) is 6.20 Å². The molecule has 2 aliphatic rings. The van der Waals surface area contributed by atoms with Crippen molar-refractivity contribution in [3.8, 4) is 6.07 Å². The number of aromatic nitrogens is 1. The SMILES string of the molecule is N#CC1(c2ccccc2)CCN(C(=O)C2CC=CCC2C(=O)NCCc2ccccn2)CC1. The third-order valence-corrected chi connectivity index (χ3v) is 6.96. The number of allylic oxidation sites excluding steroid dienone is 2. The molecule has 33 heavy (non-hydrogen) atoms. The largest absolute Gasteiger partial charge is 0.355 e. The molecule has 4 rings (SSSR count). The summed E-state index contributed by atoms with van der Waals surface area (Å²) in [6.07, 6.45) is 8.80. The van der Waals surface area contributed by atoms with Gasteiger partial charge in [0.2, 0.25) is 11.8 Å². The lowest BCUT2D eigenvalue weighted by Crippen LogP contribution is -2.49. The Morgan fingerprint density at radius 2 is 1.73 bits per heavy atom. The Morgan fingerprint density at radius 3 is 2.39 bits per heavy atom. The molecule has 2 unspecified atom stereocenters. The molecular weight excluding hydrogens is 412 g/mol. The molecule has 0 radical (unpaired) electrons. The molecular formula is C27H30N4O2. The zero-order valence-corrected chi connectivity index (χ0v) is 18.8. The number of nitrogens with one attached hydrogen (secondary N) is 1. The van der Waals surface area contributed by atoms with Crippen LogP contribution in [0.25, 0.3) is 0 Å². The number of nitriles is 1. The van der Waals surface area contributed by atoms with E-state index < -0.39 is 5.41 Å². The third kappa shape index (κ3) is 5.14. The Kier molecular flexibility index (Phi) is 7.19. The van der Waals surface area contributed by atoms with Gasteiger partial charge in [0.25, 0.3) is 0 Å². The second-order valence-corrected chi connectivity index (χ2v) is 8.90. The first-order valence-corrected chi connectivity index (χ1v) is 11.7. The molecule has 2 aromatic rings. The minimum atomic E-state index is -0.549. The third-order valence-electron chi connectivity index (χ3n) is 6.96. The molecule has 2 heterocycles. The summed E-state index contributed by atoms with van der Waals surface area (Å²) in [4.78, 5) is 32.5. The van der Waals surface area contributed by atoms with E-state index in [0.29, 0.717) is 51.7 Å². The number of likely N-dealkylation sites (tertiary alicyclic amines) is 1.